The Bertz CT molecular complexity index is 1080. The summed E-state index contributed by atoms with van der Waals surface area (Å²) in [5.74, 6) is -0.534. The van der Waals surface area contributed by atoms with Crippen molar-refractivity contribution < 1.29 is 22.9 Å². The number of sulfonamides is 1. The fourth-order valence-electron chi connectivity index (χ4n) is 3.42. The van der Waals surface area contributed by atoms with Gasteiger partial charge in [-0.15, -0.1) is 0 Å². The van der Waals surface area contributed by atoms with E-state index in [1.165, 1.54) is 23.1 Å². The first-order valence-electron chi connectivity index (χ1n) is 10.2. The molecule has 0 aromatic heterocycles. The summed E-state index contributed by atoms with van der Waals surface area (Å²) in [7, 11) is -3.96. The Hall–Kier alpha value is -3.15. The van der Waals surface area contributed by atoms with E-state index in [0.717, 1.165) is 6.07 Å². The third-order valence-corrected chi connectivity index (χ3v) is 6.55. The van der Waals surface area contributed by atoms with Gasteiger partial charge < -0.3 is 5.32 Å². The molecule has 0 saturated carbocycles. The van der Waals surface area contributed by atoms with Gasteiger partial charge in [-0.2, -0.15) is 0 Å². The van der Waals surface area contributed by atoms with Crippen molar-refractivity contribution in [3.63, 3.8) is 0 Å². The number of imide groups is 1. The van der Waals surface area contributed by atoms with Crippen LogP contribution in [0, 0.1) is 10.1 Å². The highest BCUT2D eigenvalue weighted by molar-refractivity contribution is 7.89. The molecule has 0 radical (unpaired) electrons. The molecule has 11 heteroatoms. The Morgan fingerprint density at radius 2 is 1.41 bits per heavy atom. The SMILES string of the molecule is O=C1c2ccccc2C(=O)N1CCCNCCCCNS(=O)(=O)c1ccccc1[N+](=O)[O-]. The Morgan fingerprint density at radius 3 is 2.06 bits per heavy atom. The molecule has 0 aliphatic carbocycles. The molecule has 2 aromatic rings. The highest BCUT2D eigenvalue weighted by Crippen LogP contribution is 2.23. The first-order valence-corrected chi connectivity index (χ1v) is 11.7. The molecule has 0 fully saturated rings. The van der Waals surface area contributed by atoms with E-state index in [0.29, 0.717) is 50.0 Å². The molecule has 2 amide bonds. The maximum absolute atomic E-state index is 12.3. The minimum absolute atomic E-state index is 0.158. The molecule has 0 saturated heterocycles. The van der Waals surface area contributed by atoms with Gasteiger partial charge in [0.15, 0.2) is 4.90 Å². The minimum Gasteiger partial charge on any atom is -0.317 e. The molecule has 1 heterocycles. The number of benzene rings is 2. The summed E-state index contributed by atoms with van der Waals surface area (Å²) in [4.78, 5) is 35.8. The molecule has 10 nitrogen and oxygen atoms in total. The van der Waals surface area contributed by atoms with Crippen molar-refractivity contribution in [3.8, 4) is 0 Å². The van der Waals surface area contributed by atoms with Crippen LogP contribution in [-0.2, 0) is 10.0 Å². The lowest BCUT2D eigenvalue weighted by atomic mass is 10.1. The second-order valence-electron chi connectivity index (χ2n) is 7.24. The normalized spacial score (nSPS) is 13.4. The van der Waals surface area contributed by atoms with Crippen LogP contribution in [0.2, 0.25) is 0 Å². The summed E-state index contributed by atoms with van der Waals surface area (Å²) in [6.45, 7) is 1.73. The average molecular weight is 461 g/mol. The Labute approximate surface area is 185 Å². The summed E-state index contributed by atoms with van der Waals surface area (Å²) in [6.07, 6.45) is 1.84. The van der Waals surface area contributed by atoms with E-state index in [1.807, 2.05) is 0 Å². The van der Waals surface area contributed by atoms with Crippen LogP contribution >= 0.6 is 0 Å². The molecular formula is C21H24N4O6S. The van der Waals surface area contributed by atoms with Gasteiger partial charge in [0.05, 0.1) is 16.1 Å². The number of nitro groups is 1. The molecule has 0 spiro atoms. The predicted octanol–water partition coefficient (Wildman–Crippen LogP) is 1.93. The number of carbonyl (C=O) groups is 2. The summed E-state index contributed by atoms with van der Waals surface area (Å²) in [5.41, 5.74) is 0.419. The van der Waals surface area contributed by atoms with Crippen molar-refractivity contribution in [1.29, 1.82) is 0 Å². The number of amides is 2. The zero-order valence-electron chi connectivity index (χ0n) is 17.3. The molecular weight excluding hydrogens is 436 g/mol. The number of rotatable bonds is 12. The van der Waals surface area contributed by atoms with Gasteiger partial charge in [0.1, 0.15) is 0 Å². The minimum atomic E-state index is -3.96. The summed E-state index contributed by atoms with van der Waals surface area (Å²) in [5, 5.41) is 14.2. The molecule has 0 bridgehead atoms. The van der Waals surface area contributed by atoms with E-state index in [9.17, 15) is 28.1 Å². The lowest BCUT2D eigenvalue weighted by Crippen LogP contribution is -2.32. The number of nitrogens with zero attached hydrogens (tertiary/aromatic N) is 2. The molecule has 0 atom stereocenters. The van der Waals surface area contributed by atoms with Crippen LogP contribution in [0.1, 0.15) is 40.0 Å². The van der Waals surface area contributed by atoms with Crippen LogP contribution in [0.15, 0.2) is 53.4 Å². The van der Waals surface area contributed by atoms with Gasteiger partial charge in [-0.1, -0.05) is 24.3 Å². The third kappa shape index (κ3) is 5.36. The maximum atomic E-state index is 12.3. The van der Waals surface area contributed by atoms with Gasteiger partial charge in [0.2, 0.25) is 10.0 Å². The second kappa shape index (κ2) is 10.4. The topological polar surface area (TPSA) is 139 Å². The molecule has 1 aliphatic rings. The fraction of sp³-hybridized carbons (Fsp3) is 0.333. The number of unbranched alkanes of at least 4 members (excludes halogenated alkanes) is 1. The molecule has 2 N–H and O–H groups in total. The van der Waals surface area contributed by atoms with E-state index in [1.54, 1.807) is 24.3 Å². The zero-order valence-corrected chi connectivity index (χ0v) is 18.1. The smallest absolute Gasteiger partial charge is 0.289 e. The monoisotopic (exact) mass is 460 g/mol. The van der Waals surface area contributed by atoms with Crippen molar-refractivity contribution in [1.82, 2.24) is 14.9 Å². The van der Waals surface area contributed by atoms with Gasteiger partial charge in [-0.05, 0) is 50.6 Å². The number of hydrogen-bond donors (Lipinski definition) is 2. The Morgan fingerprint density at radius 1 is 0.844 bits per heavy atom. The van der Waals surface area contributed by atoms with E-state index >= 15 is 0 Å². The van der Waals surface area contributed by atoms with Crippen molar-refractivity contribution in [2.45, 2.75) is 24.2 Å². The number of fused-ring (bicyclic) bond motifs is 1. The van der Waals surface area contributed by atoms with Crippen molar-refractivity contribution in [3.05, 3.63) is 69.8 Å². The number of nitrogens with one attached hydrogen (secondary N) is 2. The quantitative estimate of drug-likeness (QED) is 0.214. The average Bonchev–Trinajstić information content (AvgIpc) is 3.02. The molecule has 170 valence electrons. The highest BCUT2D eigenvalue weighted by Gasteiger charge is 2.34. The van der Waals surface area contributed by atoms with E-state index in [-0.39, 0.29) is 23.3 Å². The summed E-state index contributed by atoms with van der Waals surface area (Å²) < 4.78 is 27.0. The van der Waals surface area contributed by atoms with E-state index in [4.69, 9.17) is 0 Å². The molecule has 2 aromatic carbocycles. The lowest BCUT2D eigenvalue weighted by molar-refractivity contribution is -0.387. The standard InChI is InChI=1S/C21H24N4O6S/c26-20-16-8-1-2-9-17(16)21(27)24(20)15-7-13-22-12-5-6-14-23-32(30,31)19-11-4-3-10-18(19)25(28)29/h1-4,8-11,22-23H,5-7,12-15H2. The van der Waals surface area contributed by atoms with Gasteiger partial charge in [0, 0.05) is 19.2 Å². The molecule has 32 heavy (non-hydrogen) atoms. The maximum Gasteiger partial charge on any atom is 0.289 e. The largest absolute Gasteiger partial charge is 0.317 e. The number of hydrogen-bond acceptors (Lipinski definition) is 7. The Balaban J connectivity index is 1.32. The Kier molecular flexibility index (Phi) is 7.67. The van der Waals surface area contributed by atoms with Crippen LogP contribution in [0.3, 0.4) is 0 Å². The molecule has 3 rings (SSSR count). The first kappa shape index (κ1) is 23.5. The summed E-state index contributed by atoms with van der Waals surface area (Å²) >= 11 is 0. The molecule has 0 unspecified atom stereocenters. The van der Waals surface area contributed by atoms with Gasteiger partial charge in [-0.3, -0.25) is 24.6 Å². The van der Waals surface area contributed by atoms with Crippen LogP contribution < -0.4 is 10.0 Å². The number of nitro benzene ring substituents is 1. The van der Waals surface area contributed by atoms with Crippen LogP contribution in [-0.4, -0.2) is 56.2 Å². The van der Waals surface area contributed by atoms with Crippen molar-refractivity contribution in [2.24, 2.45) is 0 Å². The predicted molar refractivity (Wildman–Crippen MR) is 117 cm³/mol. The summed E-state index contributed by atoms with van der Waals surface area (Å²) in [6, 6.07) is 12.0. The van der Waals surface area contributed by atoms with Crippen molar-refractivity contribution >= 4 is 27.5 Å². The van der Waals surface area contributed by atoms with Crippen LogP contribution in [0.4, 0.5) is 5.69 Å². The lowest BCUT2D eigenvalue weighted by Gasteiger charge is -2.13. The zero-order chi connectivity index (χ0) is 23.1. The van der Waals surface area contributed by atoms with Gasteiger partial charge in [-0.25, -0.2) is 13.1 Å². The second-order valence-corrected chi connectivity index (χ2v) is 8.98. The highest BCUT2D eigenvalue weighted by atomic mass is 32.2. The fourth-order valence-corrected chi connectivity index (χ4v) is 4.67. The number of para-hydroxylation sites is 1. The number of carbonyl (C=O) groups excluding carboxylic acids is 2. The van der Waals surface area contributed by atoms with Crippen LogP contribution in [0.5, 0.6) is 0 Å². The van der Waals surface area contributed by atoms with Gasteiger partial charge >= 0.3 is 0 Å². The van der Waals surface area contributed by atoms with Crippen LogP contribution in [0.25, 0.3) is 0 Å². The molecule has 1 aliphatic heterocycles. The van der Waals surface area contributed by atoms with Gasteiger partial charge in [0.25, 0.3) is 17.5 Å². The first-order chi connectivity index (χ1) is 15.3. The third-order valence-electron chi connectivity index (χ3n) is 5.04. The van der Waals surface area contributed by atoms with Crippen molar-refractivity contribution in [2.75, 3.05) is 26.2 Å². The van der Waals surface area contributed by atoms with E-state index < -0.39 is 20.6 Å². The van der Waals surface area contributed by atoms with E-state index in [2.05, 4.69) is 10.0 Å².